The molecule has 1 N–H and O–H groups in total. The summed E-state index contributed by atoms with van der Waals surface area (Å²) in [5, 5.41) is 6.21. The van der Waals surface area contributed by atoms with Gasteiger partial charge in [-0.25, -0.2) is 14.4 Å². The van der Waals surface area contributed by atoms with Gasteiger partial charge in [0.25, 0.3) is 0 Å². The Kier molecular flexibility index (Phi) is 5.92. The zero-order chi connectivity index (χ0) is 22.1. The maximum Gasteiger partial charge on any atom is 0.137 e. The van der Waals surface area contributed by atoms with Crippen LogP contribution in [0.4, 0.5) is 10.2 Å². The lowest BCUT2D eigenvalue weighted by atomic mass is 9.76. The second-order valence-electron chi connectivity index (χ2n) is 8.94. The van der Waals surface area contributed by atoms with Gasteiger partial charge in [-0.1, -0.05) is 11.6 Å². The van der Waals surface area contributed by atoms with Crippen molar-refractivity contribution in [2.45, 2.75) is 51.0 Å². The van der Waals surface area contributed by atoms with E-state index in [1.807, 2.05) is 24.4 Å². The summed E-state index contributed by atoms with van der Waals surface area (Å²) in [4.78, 5) is 13.2. The van der Waals surface area contributed by atoms with Gasteiger partial charge in [-0.2, -0.15) is 0 Å². The minimum atomic E-state index is -0.195. The number of nitrogens with zero attached hydrogens (tertiary/aromatic N) is 3. The Balaban J connectivity index is 1.23. The molecule has 32 heavy (non-hydrogen) atoms. The Morgan fingerprint density at radius 1 is 0.969 bits per heavy atom. The molecule has 0 aliphatic heterocycles. The molecule has 0 amide bonds. The predicted octanol–water partition coefficient (Wildman–Crippen LogP) is 7.14. The molecule has 1 saturated carbocycles. The van der Waals surface area contributed by atoms with Crippen molar-refractivity contribution in [3.8, 4) is 0 Å². The number of rotatable bonds is 5. The first kappa shape index (κ1) is 21.1. The van der Waals surface area contributed by atoms with Crippen LogP contribution in [-0.2, 0) is 0 Å². The molecular weight excluding hydrogens is 423 g/mol. The average molecular weight is 449 g/mol. The summed E-state index contributed by atoms with van der Waals surface area (Å²) in [6.07, 6.45) is 9.14. The lowest BCUT2D eigenvalue weighted by Crippen LogP contribution is -2.23. The van der Waals surface area contributed by atoms with E-state index in [2.05, 4.69) is 33.3 Å². The maximum atomic E-state index is 13.8. The van der Waals surface area contributed by atoms with E-state index in [1.54, 1.807) is 18.5 Å². The molecule has 1 aliphatic rings. The van der Waals surface area contributed by atoms with Gasteiger partial charge in [0.05, 0.1) is 11.0 Å². The standard InChI is InChI=1S/C26H26ClFN4/c1-16(32-26-22-8-6-19(27)13-25(22)30-15-31-26)12-17-2-4-18(5-3-17)21-10-11-29-24-9-7-20(28)14-23(21)24/h6-11,13-18H,2-5,12H2,1H3,(H,30,31,32)/t16-,17?,18?/m1/s1. The van der Waals surface area contributed by atoms with Gasteiger partial charge in [0.2, 0.25) is 0 Å². The van der Waals surface area contributed by atoms with Crippen LogP contribution < -0.4 is 5.32 Å². The summed E-state index contributed by atoms with van der Waals surface area (Å²) in [6.45, 7) is 2.22. The first-order valence-electron chi connectivity index (χ1n) is 11.3. The van der Waals surface area contributed by atoms with Crippen LogP contribution in [0.3, 0.4) is 0 Å². The highest BCUT2D eigenvalue weighted by Crippen LogP contribution is 2.40. The van der Waals surface area contributed by atoms with E-state index in [9.17, 15) is 4.39 Å². The van der Waals surface area contributed by atoms with Gasteiger partial charge in [-0.15, -0.1) is 0 Å². The third-order valence-electron chi connectivity index (χ3n) is 6.69. The van der Waals surface area contributed by atoms with Crippen molar-refractivity contribution in [1.29, 1.82) is 0 Å². The van der Waals surface area contributed by atoms with Crippen LogP contribution in [0, 0.1) is 11.7 Å². The number of hydrogen-bond acceptors (Lipinski definition) is 4. The minimum Gasteiger partial charge on any atom is -0.367 e. The number of anilines is 1. The minimum absolute atomic E-state index is 0.195. The van der Waals surface area contributed by atoms with Gasteiger partial charge in [0, 0.05) is 28.0 Å². The van der Waals surface area contributed by atoms with E-state index < -0.39 is 0 Å². The van der Waals surface area contributed by atoms with E-state index in [4.69, 9.17) is 11.6 Å². The first-order chi connectivity index (χ1) is 15.6. The average Bonchev–Trinajstić information content (AvgIpc) is 2.79. The Morgan fingerprint density at radius 2 is 1.81 bits per heavy atom. The number of pyridine rings is 1. The number of benzene rings is 2. The fourth-order valence-corrected chi connectivity index (χ4v) is 5.31. The van der Waals surface area contributed by atoms with E-state index in [0.717, 1.165) is 46.9 Å². The molecule has 1 atom stereocenters. The van der Waals surface area contributed by atoms with Crippen molar-refractivity contribution in [1.82, 2.24) is 15.0 Å². The van der Waals surface area contributed by atoms with E-state index in [-0.39, 0.29) is 5.82 Å². The van der Waals surface area contributed by atoms with E-state index in [1.165, 1.54) is 24.5 Å². The lowest BCUT2D eigenvalue weighted by Gasteiger charge is -2.31. The third kappa shape index (κ3) is 4.40. The molecule has 0 spiro atoms. The highest BCUT2D eigenvalue weighted by molar-refractivity contribution is 6.31. The summed E-state index contributed by atoms with van der Waals surface area (Å²) in [7, 11) is 0. The van der Waals surface area contributed by atoms with Crippen molar-refractivity contribution in [2.75, 3.05) is 5.32 Å². The van der Waals surface area contributed by atoms with Gasteiger partial charge >= 0.3 is 0 Å². The summed E-state index contributed by atoms with van der Waals surface area (Å²) < 4.78 is 13.8. The SMILES string of the molecule is C[C@H](CC1CCC(c2ccnc3ccc(F)cc23)CC1)Nc1ncnc2cc(Cl)ccc12. The lowest BCUT2D eigenvalue weighted by molar-refractivity contribution is 0.302. The van der Waals surface area contributed by atoms with Crippen molar-refractivity contribution in [2.24, 2.45) is 5.92 Å². The van der Waals surface area contributed by atoms with Crippen LogP contribution in [0.25, 0.3) is 21.8 Å². The monoisotopic (exact) mass is 448 g/mol. The maximum absolute atomic E-state index is 13.8. The number of hydrogen-bond donors (Lipinski definition) is 1. The van der Waals surface area contributed by atoms with Gasteiger partial charge in [-0.05, 0) is 98.9 Å². The summed E-state index contributed by atoms with van der Waals surface area (Å²) in [5.74, 6) is 1.80. The summed E-state index contributed by atoms with van der Waals surface area (Å²) >= 11 is 6.10. The van der Waals surface area contributed by atoms with Crippen LogP contribution in [0.5, 0.6) is 0 Å². The van der Waals surface area contributed by atoms with Gasteiger partial charge in [0.15, 0.2) is 0 Å². The van der Waals surface area contributed by atoms with Gasteiger partial charge in [0.1, 0.15) is 18.0 Å². The molecule has 2 aromatic carbocycles. The molecule has 1 aliphatic carbocycles. The zero-order valence-electron chi connectivity index (χ0n) is 18.1. The van der Waals surface area contributed by atoms with Crippen LogP contribution in [-0.4, -0.2) is 21.0 Å². The molecule has 164 valence electrons. The molecule has 4 aromatic rings. The molecule has 0 saturated heterocycles. The molecule has 0 unspecified atom stereocenters. The van der Waals surface area contributed by atoms with Crippen LogP contribution in [0.1, 0.15) is 50.5 Å². The first-order valence-corrected chi connectivity index (χ1v) is 11.7. The highest BCUT2D eigenvalue weighted by Gasteiger charge is 2.25. The molecule has 0 radical (unpaired) electrons. The molecule has 5 rings (SSSR count). The number of aromatic nitrogens is 3. The van der Waals surface area contributed by atoms with Crippen molar-refractivity contribution < 1.29 is 4.39 Å². The smallest absolute Gasteiger partial charge is 0.137 e. The zero-order valence-corrected chi connectivity index (χ0v) is 18.8. The van der Waals surface area contributed by atoms with E-state index >= 15 is 0 Å². The Morgan fingerprint density at radius 3 is 2.66 bits per heavy atom. The Labute approximate surface area is 192 Å². The second-order valence-corrected chi connectivity index (χ2v) is 9.38. The second kappa shape index (κ2) is 8.99. The number of fused-ring (bicyclic) bond motifs is 2. The molecule has 6 heteroatoms. The molecule has 0 bridgehead atoms. The fourth-order valence-electron chi connectivity index (χ4n) is 5.14. The van der Waals surface area contributed by atoms with Crippen molar-refractivity contribution in [3.63, 3.8) is 0 Å². The Bertz CT molecular complexity index is 1250. The fraction of sp³-hybridized carbons (Fsp3) is 0.346. The van der Waals surface area contributed by atoms with Crippen LogP contribution in [0.2, 0.25) is 5.02 Å². The predicted molar refractivity (Wildman–Crippen MR) is 129 cm³/mol. The van der Waals surface area contributed by atoms with E-state index in [0.29, 0.717) is 22.9 Å². The quantitative estimate of drug-likeness (QED) is 0.352. The van der Waals surface area contributed by atoms with Crippen LogP contribution in [0.15, 0.2) is 55.0 Å². The molecule has 1 fully saturated rings. The normalized spacial score (nSPS) is 19.8. The molecule has 2 heterocycles. The van der Waals surface area contributed by atoms with Gasteiger partial charge in [-0.3, -0.25) is 4.98 Å². The molecular formula is C26H26ClFN4. The molecule has 4 nitrogen and oxygen atoms in total. The summed E-state index contributed by atoms with van der Waals surface area (Å²) in [6, 6.07) is 13.0. The third-order valence-corrected chi connectivity index (χ3v) is 6.93. The molecule has 2 aromatic heterocycles. The van der Waals surface area contributed by atoms with Crippen molar-refractivity contribution in [3.05, 3.63) is 71.4 Å². The summed E-state index contributed by atoms with van der Waals surface area (Å²) in [5.41, 5.74) is 2.97. The largest absolute Gasteiger partial charge is 0.367 e. The van der Waals surface area contributed by atoms with Crippen LogP contribution >= 0.6 is 11.6 Å². The Hall–Kier alpha value is -2.79. The van der Waals surface area contributed by atoms with Gasteiger partial charge < -0.3 is 5.32 Å². The number of nitrogens with one attached hydrogen (secondary N) is 1. The highest BCUT2D eigenvalue weighted by atomic mass is 35.5. The van der Waals surface area contributed by atoms with Crippen molar-refractivity contribution >= 4 is 39.2 Å². The topological polar surface area (TPSA) is 50.7 Å². The number of halogens is 2.